The van der Waals surface area contributed by atoms with Crippen LogP contribution in [0.5, 0.6) is 0 Å². The number of benzene rings is 3. The second-order valence-electron chi connectivity index (χ2n) is 5.91. The Kier molecular flexibility index (Phi) is 5.00. The summed E-state index contributed by atoms with van der Waals surface area (Å²) in [7, 11) is 0. The van der Waals surface area contributed by atoms with Gasteiger partial charge in [0.25, 0.3) is 0 Å². The number of carboxylic acids is 1. The molecule has 0 amide bonds. The van der Waals surface area contributed by atoms with Crippen molar-refractivity contribution in [3.8, 4) is 0 Å². The van der Waals surface area contributed by atoms with Crippen LogP contribution in [-0.2, 0) is 13.1 Å². The van der Waals surface area contributed by atoms with Gasteiger partial charge in [0.05, 0.1) is 16.9 Å². The van der Waals surface area contributed by atoms with Gasteiger partial charge in [-0.05, 0) is 29.3 Å². The van der Waals surface area contributed by atoms with Crippen LogP contribution in [-0.4, -0.2) is 11.1 Å². The number of hydrogen-bond acceptors (Lipinski definition) is 3. The molecule has 0 unspecified atom stereocenters. The van der Waals surface area contributed by atoms with Crippen molar-refractivity contribution >= 4 is 17.3 Å². The average Bonchev–Trinajstić information content (AvgIpc) is 2.63. The summed E-state index contributed by atoms with van der Waals surface area (Å²) in [5.74, 6) is -0.976. The molecule has 0 aromatic heterocycles. The number of carboxylic acid groups (broad SMARTS) is 1. The molecule has 25 heavy (non-hydrogen) atoms. The number of hydrogen-bond donors (Lipinski definition) is 2. The van der Waals surface area contributed by atoms with E-state index < -0.39 is 5.97 Å². The molecule has 0 bridgehead atoms. The van der Waals surface area contributed by atoms with Crippen LogP contribution in [0.4, 0.5) is 11.4 Å². The fourth-order valence-electron chi connectivity index (χ4n) is 2.81. The van der Waals surface area contributed by atoms with Gasteiger partial charge in [-0.25, -0.2) is 4.79 Å². The molecule has 0 spiro atoms. The molecule has 126 valence electrons. The number of rotatable bonds is 6. The van der Waals surface area contributed by atoms with Crippen LogP contribution in [0.1, 0.15) is 21.5 Å². The van der Waals surface area contributed by atoms with E-state index in [0.717, 1.165) is 5.69 Å². The Morgan fingerprint density at radius 1 is 0.840 bits per heavy atom. The largest absolute Gasteiger partial charge is 0.478 e. The van der Waals surface area contributed by atoms with Crippen molar-refractivity contribution in [3.63, 3.8) is 0 Å². The standard InChI is InChI=1S/C21H20N2O2/c22-19-13-18(21(24)25)11-12-20(19)23(14-16-7-3-1-4-8-16)15-17-9-5-2-6-10-17/h1-13H,14-15,22H2,(H,24,25). The minimum Gasteiger partial charge on any atom is -0.478 e. The highest BCUT2D eigenvalue weighted by Gasteiger charge is 2.14. The van der Waals surface area contributed by atoms with Crippen molar-refractivity contribution in [1.29, 1.82) is 0 Å². The SMILES string of the molecule is Nc1cc(C(=O)O)ccc1N(Cc1ccccc1)Cc1ccccc1. The van der Waals surface area contributed by atoms with E-state index in [9.17, 15) is 4.79 Å². The molecule has 0 atom stereocenters. The van der Waals surface area contributed by atoms with E-state index in [1.54, 1.807) is 12.1 Å². The molecule has 3 rings (SSSR count). The van der Waals surface area contributed by atoms with E-state index in [1.165, 1.54) is 17.2 Å². The Balaban J connectivity index is 1.94. The summed E-state index contributed by atoms with van der Waals surface area (Å²) >= 11 is 0. The van der Waals surface area contributed by atoms with Crippen molar-refractivity contribution in [2.75, 3.05) is 10.6 Å². The highest BCUT2D eigenvalue weighted by atomic mass is 16.4. The van der Waals surface area contributed by atoms with Gasteiger partial charge in [-0.1, -0.05) is 60.7 Å². The Bertz CT molecular complexity index is 807. The van der Waals surface area contributed by atoms with Crippen molar-refractivity contribution in [2.24, 2.45) is 0 Å². The van der Waals surface area contributed by atoms with Gasteiger partial charge in [0, 0.05) is 13.1 Å². The van der Waals surface area contributed by atoms with E-state index in [2.05, 4.69) is 29.2 Å². The van der Waals surface area contributed by atoms with E-state index in [4.69, 9.17) is 10.8 Å². The molecule has 0 fully saturated rings. The monoisotopic (exact) mass is 332 g/mol. The van der Waals surface area contributed by atoms with Crippen LogP contribution in [0.2, 0.25) is 0 Å². The number of nitrogen functional groups attached to an aromatic ring is 1. The topological polar surface area (TPSA) is 66.6 Å². The number of anilines is 2. The third kappa shape index (κ3) is 4.18. The van der Waals surface area contributed by atoms with Crippen LogP contribution < -0.4 is 10.6 Å². The van der Waals surface area contributed by atoms with Crippen LogP contribution in [0.3, 0.4) is 0 Å². The predicted molar refractivity (Wildman–Crippen MR) is 101 cm³/mol. The summed E-state index contributed by atoms with van der Waals surface area (Å²) in [6.45, 7) is 1.37. The van der Waals surface area contributed by atoms with Gasteiger partial charge in [-0.3, -0.25) is 0 Å². The highest BCUT2D eigenvalue weighted by Crippen LogP contribution is 2.27. The lowest BCUT2D eigenvalue weighted by Crippen LogP contribution is -2.23. The summed E-state index contributed by atoms with van der Waals surface area (Å²) in [5, 5.41) is 9.14. The van der Waals surface area contributed by atoms with Gasteiger partial charge < -0.3 is 15.7 Å². The molecule has 3 N–H and O–H groups in total. The molecule has 0 heterocycles. The number of aromatic carboxylic acids is 1. The molecule has 0 aliphatic carbocycles. The van der Waals surface area contributed by atoms with Crippen LogP contribution >= 0.6 is 0 Å². The van der Waals surface area contributed by atoms with Gasteiger partial charge >= 0.3 is 5.97 Å². The smallest absolute Gasteiger partial charge is 0.335 e. The molecule has 0 saturated heterocycles. The average molecular weight is 332 g/mol. The number of carbonyl (C=O) groups is 1. The van der Waals surface area contributed by atoms with Gasteiger partial charge in [-0.15, -0.1) is 0 Å². The maximum absolute atomic E-state index is 11.1. The first-order valence-corrected chi connectivity index (χ1v) is 8.09. The quantitative estimate of drug-likeness (QED) is 0.665. The minimum absolute atomic E-state index is 0.195. The first-order chi connectivity index (χ1) is 12.1. The summed E-state index contributed by atoms with van der Waals surface area (Å²) in [5.41, 5.74) is 9.99. The lowest BCUT2D eigenvalue weighted by molar-refractivity contribution is 0.0697. The molecular formula is C21H20N2O2. The Morgan fingerprint density at radius 3 is 1.80 bits per heavy atom. The zero-order chi connectivity index (χ0) is 17.6. The second-order valence-corrected chi connectivity index (χ2v) is 5.91. The van der Waals surface area contributed by atoms with E-state index >= 15 is 0 Å². The normalized spacial score (nSPS) is 10.4. The maximum Gasteiger partial charge on any atom is 0.335 e. The fraction of sp³-hybridized carbons (Fsp3) is 0.0952. The van der Waals surface area contributed by atoms with Crippen molar-refractivity contribution < 1.29 is 9.90 Å². The molecule has 0 radical (unpaired) electrons. The lowest BCUT2D eigenvalue weighted by Gasteiger charge is -2.27. The number of nitrogens with two attached hydrogens (primary N) is 1. The fourth-order valence-corrected chi connectivity index (χ4v) is 2.81. The molecule has 0 aliphatic rings. The second kappa shape index (κ2) is 7.53. The summed E-state index contributed by atoms with van der Waals surface area (Å²) < 4.78 is 0. The molecule has 3 aromatic carbocycles. The van der Waals surface area contributed by atoms with Crippen LogP contribution in [0, 0.1) is 0 Å². The van der Waals surface area contributed by atoms with E-state index in [1.807, 2.05) is 36.4 Å². The maximum atomic E-state index is 11.1. The van der Waals surface area contributed by atoms with Crippen molar-refractivity contribution in [2.45, 2.75) is 13.1 Å². The van der Waals surface area contributed by atoms with Gasteiger partial charge in [-0.2, -0.15) is 0 Å². The lowest BCUT2D eigenvalue weighted by atomic mass is 10.1. The third-order valence-corrected chi connectivity index (χ3v) is 4.05. The highest BCUT2D eigenvalue weighted by molar-refractivity contribution is 5.90. The first kappa shape index (κ1) is 16.6. The van der Waals surface area contributed by atoms with Gasteiger partial charge in [0.2, 0.25) is 0 Å². The Morgan fingerprint density at radius 2 is 1.36 bits per heavy atom. The molecule has 4 nitrogen and oxygen atoms in total. The van der Waals surface area contributed by atoms with E-state index in [-0.39, 0.29) is 5.56 Å². The van der Waals surface area contributed by atoms with Crippen LogP contribution in [0.15, 0.2) is 78.9 Å². The zero-order valence-electron chi connectivity index (χ0n) is 13.8. The van der Waals surface area contributed by atoms with Crippen LogP contribution in [0.25, 0.3) is 0 Å². The molecule has 4 heteroatoms. The molecular weight excluding hydrogens is 312 g/mol. The molecule has 0 saturated carbocycles. The van der Waals surface area contributed by atoms with Gasteiger partial charge in [0.1, 0.15) is 0 Å². The summed E-state index contributed by atoms with van der Waals surface area (Å²) in [6, 6.07) is 25.2. The third-order valence-electron chi connectivity index (χ3n) is 4.05. The number of nitrogens with zero attached hydrogens (tertiary/aromatic N) is 1. The van der Waals surface area contributed by atoms with Crippen molar-refractivity contribution in [3.05, 3.63) is 95.6 Å². The first-order valence-electron chi connectivity index (χ1n) is 8.09. The predicted octanol–water partition coefficient (Wildman–Crippen LogP) is 4.17. The summed E-state index contributed by atoms with van der Waals surface area (Å²) in [4.78, 5) is 13.3. The summed E-state index contributed by atoms with van der Waals surface area (Å²) in [6.07, 6.45) is 0. The molecule has 0 aliphatic heterocycles. The molecule has 3 aromatic rings. The van der Waals surface area contributed by atoms with E-state index in [0.29, 0.717) is 18.8 Å². The van der Waals surface area contributed by atoms with Crippen molar-refractivity contribution in [1.82, 2.24) is 0 Å². The Labute approximate surface area is 147 Å². The minimum atomic E-state index is -0.976. The Hall–Kier alpha value is -3.27. The zero-order valence-corrected chi connectivity index (χ0v) is 13.8. The van der Waals surface area contributed by atoms with Gasteiger partial charge in [0.15, 0.2) is 0 Å².